The maximum atomic E-state index is 12.2. The number of likely N-dealkylation sites (N-methyl/N-ethyl adjacent to an activating group) is 1. The van der Waals surface area contributed by atoms with Crippen LogP contribution in [-0.4, -0.2) is 65.7 Å². The summed E-state index contributed by atoms with van der Waals surface area (Å²) >= 11 is 0. The maximum Gasteiger partial charge on any atom is 0.239 e. The number of nitrogens with zero attached hydrogens (tertiary/aromatic N) is 3. The molecule has 1 aliphatic rings. The Morgan fingerprint density at radius 1 is 1.20 bits per heavy atom. The number of carbonyl (C=O) groups excluding carboxylic acids is 1. The summed E-state index contributed by atoms with van der Waals surface area (Å²) in [5, 5.41) is 10.1. The van der Waals surface area contributed by atoms with Crippen molar-refractivity contribution in [2.75, 3.05) is 45.1 Å². The van der Waals surface area contributed by atoms with Gasteiger partial charge >= 0.3 is 0 Å². The van der Waals surface area contributed by atoms with Crippen molar-refractivity contribution in [1.29, 1.82) is 0 Å². The Hall–Kier alpha value is -2.18. The lowest BCUT2D eigenvalue weighted by Gasteiger charge is -2.31. The highest BCUT2D eigenvalue weighted by molar-refractivity contribution is 5.91. The molecule has 1 amide bonds. The van der Waals surface area contributed by atoms with Crippen LogP contribution in [-0.2, 0) is 11.2 Å². The summed E-state index contributed by atoms with van der Waals surface area (Å²) in [7, 11) is 2.11. The van der Waals surface area contributed by atoms with Crippen LogP contribution in [0.1, 0.15) is 18.9 Å². The van der Waals surface area contributed by atoms with E-state index < -0.39 is 0 Å². The highest BCUT2D eigenvalue weighted by Crippen LogP contribution is 2.20. The molecule has 1 aromatic heterocycles. The fourth-order valence-corrected chi connectivity index (χ4v) is 3.06. The second kappa shape index (κ2) is 8.27. The van der Waals surface area contributed by atoms with Gasteiger partial charge in [0.1, 0.15) is 0 Å². The monoisotopic (exact) mass is 341 g/mol. The van der Waals surface area contributed by atoms with E-state index in [1.54, 1.807) is 0 Å². The molecule has 0 atom stereocenters. The fraction of sp³-hybridized carbons (Fsp3) is 0.474. The number of hydrogen-bond acceptors (Lipinski definition) is 4. The Labute approximate surface area is 149 Å². The van der Waals surface area contributed by atoms with Crippen molar-refractivity contribution in [3.63, 3.8) is 0 Å². The van der Waals surface area contributed by atoms with Crippen LogP contribution in [0.4, 0.5) is 5.82 Å². The highest BCUT2D eigenvalue weighted by Gasteiger charge is 2.17. The number of carbonyl (C=O) groups is 1. The Morgan fingerprint density at radius 2 is 1.92 bits per heavy atom. The number of nitrogens with one attached hydrogen (secondary N) is 2. The van der Waals surface area contributed by atoms with Crippen LogP contribution in [0.2, 0.25) is 0 Å². The zero-order valence-corrected chi connectivity index (χ0v) is 15.1. The molecule has 0 spiro atoms. The fourth-order valence-electron chi connectivity index (χ4n) is 3.06. The minimum Gasteiger partial charge on any atom is -0.308 e. The van der Waals surface area contributed by atoms with E-state index in [0.717, 1.165) is 50.3 Å². The van der Waals surface area contributed by atoms with Gasteiger partial charge in [-0.1, -0.05) is 37.6 Å². The van der Waals surface area contributed by atoms with Gasteiger partial charge in [0.05, 0.1) is 12.2 Å². The molecular weight excluding hydrogens is 314 g/mol. The van der Waals surface area contributed by atoms with Crippen molar-refractivity contribution >= 4 is 11.7 Å². The smallest absolute Gasteiger partial charge is 0.239 e. The second-order valence-electron chi connectivity index (χ2n) is 6.74. The van der Waals surface area contributed by atoms with Crippen LogP contribution in [0.15, 0.2) is 30.3 Å². The van der Waals surface area contributed by atoms with Gasteiger partial charge in [-0.15, -0.1) is 0 Å². The van der Waals surface area contributed by atoms with Crippen LogP contribution < -0.4 is 5.32 Å². The lowest BCUT2D eigenvalue weighted by molar-refractivity contribution is -0.117. The standard InChI is InChI=1S/C19H27N5O/c1-3-4-15-5-7-16(8-6-15)17-13-18(22-21-17)20-19(25)14-24-11-9-23(2)10-12-24/h5-8,13H,3-4,9-12,14H2,1-2H3,(H2,20,21,22,25). The molecule has 3 rings (SSSR count). The number of amides is 1. The minimum absolute atomic E-state index is 0.0131. The molecule has 2 heterocycles. The lowest BCUT2D eigenvalue weighted by atomic mass is 10.1. The molecule has 0 saturated carbocycles. The van der Waals surface area contributed by atoms with Gasteiger partial charge < -0.3 is 10.2 Å². The van der Waals surface area contributed by atoms with Gasteiger partial charge in [0, 0.05) is 32.2 Å². The zero-order valence-electron chi connectivity index (χ0n) is 15.1. The largest absolute Gasteiger partial charge is 0.308 e. The summed E-state index contributed by atoms with van der Waals surface area (Å²) in [5.41, 5.74) is 3.33. The summed E-state index contributed by atoms with van der Waals surface area (Å²) in [5.74, 6) is 0.563. The highest BCUT2D eigenvalue weighted by atomic mass is 16.2. The summed E-state index contributed by atoms with van der Waals surface area (Å²) in [6.45, 7) is 6.48. The molecule has 6 nitrogen and oxygen atoms in total. The molecule has 1 aromatic carbocycles. The SMILES string of the molecule is CCCc1ccc(-c2cc(NC(=O)CN3CCN(C)CC3)n[nH]2)cc1. The number of aromatic nitrogens is 2. The summed E-state index contributed by atoms with van der Waals surface area (Å²) in [6, 6.07) is 10.4. The molecular formula is C19H27N5O. The molecule has 25 heavy (non-hydrogen) atoms. The number of anilines is 1. The first-order chi connectivity index (χ1) is 12.1. The van der Waals surface area contributed by atoms with Gasteiger partial charge in [-0.25, -0.2) is 0 Å². The average Bonchev–Trinajstić information content (AvgIpc) is 3.06. The molecule has 1 aliphatic heterocycles. The molecule has 0 aliphatic carbocycles. The van der Waals surface area contributed by atoms with Crippen LogP contribution >= 0.6 is 0 Å². The van der Waals surface area contributed by atoms with Crippen molar-refractivity contribution in [3.8, 4) is 11.3 Å². The van der Waals surface area contributed by atoms with E-state index in [-0.39, 0.29) is 5.91 Å². The van der Waals surface area contributed by atoms with Crippen LogP contribution in [0, 0.1) is 0 Å². The first-order valence-corrected chi connectivity index (χ1v) is 8.99. The minimum atomic E-state index is -0.0131. The average molecular weight is 341 g/mol. The van der Waals surface area contributed by atoms with Gasteiger partial charge in [0.25, 0.3) is 0 Å². The topological polar surface area (TPSA) is 64.3 Å². The molecule has 1 fully saturated rings. The van der Waals surface area contributed by atoms with Gasteiger partial charge in [-0.2, -0.15) is 5.10 Å². The van der Waals surface area contributed by atoms with Gasteiger partial charge in [-0.05, 0) is 24.6 Å². The van der Waals surface area contributed by atoms with Crippen LogP contribution in [0.5, 0.6) is 0 Å². The molecule has 1 saturated heterocycles. The Balaban J connectivity index is 1.55. The summed E-state index contributed by atoms with van der Waals surface area (Å²) in [6.07, 6.45) is 2.24. The molecule has 6 heteroatoms. The van der Waals surface area contributed by atoms with E-state index in [1.165, 1.54) is 5.56 Å². The molecule has 0 bridgehead atoms. The van der Waals surface area contributed by atoms with Gasteiger partial charge in [0.2, 0.25) is 5.91 Å². The van der Waals surface area contributed by atoms with Gasteiger partial charge in [-0.3, -0.25) is 14.8 Å². The van der Waals surface area contributed by atoms with E-state index in [4.69, 9.17) is 0 Å². The number of aryl methyl sites for hydroxylation is 1. The number of rotatable bonds is 6. The van der Waals surface area contributed by atoms with Crippen LogP contribution in [0.3, 0.4) is 0 Å². The second-order valence-corrected chi connectivity index (χ2v) is 6.74. The first-order valence-electron chi connectivity index (χ1n) is 8.99. The Kier molecular flexibility index (Phi) is 5.83. The van der Waals surface area contributed by atoms with Crippen molar-refractivity contribution in [2.45, 2.75) is 19.8 Å². The number of hydrogen-bond donors (Lipinski definition) is 2. The Bertz CT molecular complexity index is 686. The van der Waals surface area contributed by atoms with E-state index >= 15 is 0 Å². The van der Waals surface area contributed by atoms with E-state index in [9.17, 15) is 4.79 Å². The summed E-state index contributed by atoms with van der Waals surface area (Å²) in [4.78, 5) is 16.7. The Morgan fingerprint density at radius 3 is 2.60 bits per heavy atom. The predicted molar refractivity (Wildman–Crippen MR) is 101 cm³/mol. The molecule has 0 radical (unpaired) electrons. The number of H-pyrrole nitrogens is 1. The number of aromatic amines is 1. The van der Waals surface area contributed by atoms with E-state index in [0.29, 0.717) is 12.4 Å². The third-order valence-corrected chi connectivity index (χ3v) is 4.61. The van der Waals surface area contributed by atoms with Crippen LogP contribution in [0.25, 0.3) is 11.3 Å². The lowest BCUT2D eigenvalue weighted by Crippen LogP contribution is -2.47. The third-order valence-electron chi connectivity index (χ3n) is 4.61. The predicted octanol–water partition coefficient (Wildman–Crippen LogP) is 2.22. The summed E-state index contributed by atoms with van der Waals surface area (Å²) < 4.78 is 0. The van der Waals surface area contributed by atoms with Gasteiger partial charge in [0.15, 0.2) is 5.82 Å². The first kappa shape index (κ1) is 17.6. The molecule has 0 unspecified atom stereocenters. The number of benzene rings is 1. The van der Waals surface area contributed by atoms with Crippen molar-refractivity contribution in [3.05, 3.63) is 35.9 Å². The molecule has 2 aromatic rings. The number of piperazine rings is 1. The molecule has 2 N–H and O–H groups in total. The van der Waals surface area contributed by atoms with E-state index in [2.05, 4.69) is 63.6 Å². The van der Waals surface area contributed by atoms with Crippen molar-refractivity contribution in [2.24, 2.45) is 0 Å². The maximum absolute atomic E-state index is 12.2. The van der Waals surface area contributed by atoms with Crippen molar-refractivity contribution < 1.29 is 4.79 Å². The van der Waals surface area contributed by atoms with E-state index in [1.807, 2.05) is 6.07 Å². The quantitative estimate of drug-likeness (QED) is 0.846. The third kappa shape index (κ3) is 4.90. The zero-order chi connectivity index (χ0) is 17.6. The molecule has 134 valence electrons. The normalized spacial score (nSPS) is 16.1. The van der Waals surface area contributed by atoms with Crippen molar-refractivity contribution in [1.82, 2.24) is 20.0 Å².